The summed E-state index contributed by atoms with van der Waals surface area (Å²) >= 11 is 0. The lowest BCUT2D eigenvalue weighted by Crippen LogP contribution is -2.38. The van der Waals surface area contributed by atoms with Gasteiger partial charge in [-0.1, -0.05) is 26.2 Å². The number of nitrogens with two attached hydrogens (primary N) is 1. The number of carbonyl (C=O) groups is 1. The van der Waals surface area contributed by atoms with E-state index in [1.165, 1.54) is 12.8 Å². The van der Waals surface area contributed by atoms with Crippen molar-refractivity contribution in [2.75, 3.05) is 26.3 Å². The maximum atomic E-state index is 11.1. The molecule has 0 saturated carbocycles. The molecule has 0 spiro atoms. The van der Waals surface area contributed by atoms with Gasteiger partial charge in [-0.3, -0.25) is 0 Å². The summed E-state index contributed by atoms with van der Waals surface area (Å²) in [5.41, 5.74) is 5.27. The molecule has 0 atom stereocenters. The smallest absolute Gasteiger partial charge is 0.314 e. The number of amides is 2. The van der Waals surface area contributed by atoms with Crippen molar-refractivity contribution in [1.29, 1.82) is 0 Å². The third-order valence-electron chi connectivity index (χ3n) is 2.30. The molecule has 2 amide bonds. The Hall–Kier alpha value is -0.770. The van der Waals surface area contributed by atoms with Crippen LogP contribution in [0.15, 0.2) is 0 Å². The molecule has 0 saturated heterocycles. The molecule has 2 N–H and O–H groups in total. The van der Waals surface area contributed by atoms with Gasteiger partial charge >= 0.3 is 6.03 Å². The van der Waals surface area contributed by atoms with E-state index in [1.807, 2.05) is 6.92 Å². The number of ether oxygens (including phenoxy) is 1. The van der Waals surface area contributed by atoms with Crippen LogP contribution in [0.5, 0.6) is 0 Å². The second-order valence-corrected chi connectivity index (χ2v) is 3.58. The van der Waals surface area contributed by atoms with Crippen molar-refractivity contribution >= 4 is 6.03 Å². The number of nitrogens with zero attached hydrogens (tertiary/aromatic N) is 1. The summed E-state index contributed by atoms with van der Waals surface area (Å²) in [5.74, 6) is 0. The van der Waals surface area contributed by atoms with Crippen molar-refractivity contribution in [3.63, 3.8) is 0 Å². The van der Waals surface area contributed by atoms with Crippen molar-refractivity contribution in [1.82, 2.24) is 4.90 Å². The number of unbranched alkanes of at least 4 members (excludes halogenated alkanes) is 3. The first-order chi connectivity index (χ1) is 7.22. The standard InChI is InChI=1S/C11H24N2O2/c1-3-5-6-7-8-13(11(12)14)9-10-15-4-2/h3-10H2,1-2H3,(H2,12,14). The highest BCUT2D eigenvalue weighted by Crippen LogP contribution is 2.01. The minimum absolute atomic E-state index is 0.341. The lowest BCUT2D eigenvalue weighted by Gasteiger charge is -2.19. The minimum Gasteiger partial charge on any atom is -0.380 e. The maximum Gasteiger partial charge on any atom is 0.314 e. The van der Waals surface area contributed by atoms with Crippen molar-refractivity contribution in [3.05, 3.63) is 0 Å². The van der Waals surface area contributed by atoms with Crippen LogP contribution in [0.4, 0.5) is 4.79 Å². The molecule has 4 heteroatoms. The third kappa shape index (κ3) is 8.24. The summed E-state index contributed by atoms with van der Waals surface area (Å²) in [6, 6.07) is -0.341. The average Bonchev–Trinajstić information content (AvgIpc) is 2.21. The van der Waals surface area contributed by atoms with Crippen LogP contribution in [0.3, 0.4) is 0 Å². The zero-order valence-electron chi connectivity index (χ0n) is 10.00. The van der Waals surface area contributed by atoms with E-state index in [9.17, 15) is 4.79 Å². The lowest BCUT2D eigenvalue weighted by atomic mass is 10.2. The van der Waals surface area contributed by atoms with Crippen molar-refractivity contribution < 1.29 is 9.53 Å². The average molecular weight is 216 g/mol. The van der Waals surface area contributed by atoms with E-state index < -0.39 is 0 Å². The summed E-state index contributed by atoms with van der Waals surface area (Å²) in [7, 11) is 0. The second kappa shape index (κ2) is 9.77. The van der Waals surface area contributed by atoms with Crippen molar-refractivity contribution in [2.24, 2.45) is 5.73 Å². The van der Waals surface area contributed by atoms with Gasteiger partial charge in [0.25, 0.3) is 0 Å². The highest BCUT2D eigenvalue weighted by molar-refractivity contribution is 5.71. The van der Waals surface area contributed by atoms with Gasteiger partial charge in [0.15, 0.2) is 0 Å². The second-order valence-electron chi connectivity index (χ2n) is 3.58. The fourth-order valence-corrected chi connectivity index (χ4v) is 1.38. The van der Waals surface area contributed by atoms with Gasteiger partial charge in [-0.2, -0.15) is 0 Å². The molecule has 0 bridgehead atoms. The van der Waals surface area contributed by atoms with E-state index in [1.54, 1.807) is 4.90 Å². The maximum absolute atomic E-state index is 11.1. The van der Waals surface area contributed by atoms with E-state index in [0.29, 0.717) is 19.8 Å². The number of primary amides is 1. The molecule has 15 heavy (non-hydrogen) atoms. The number of urea groups is 1. The summed E-state index contributed by atoms with van der Waals surface area (Å²) in [5, 5.41) is 0. The van der Waals surface area contributed by atoms with Gasteiger partial charge in [0.2, 0.25) is 0 Å². The van der Waals surface area contributed by atoms with E-state index in [4.69, 9.17) is 10.5 Å². The molecule has 4 nitrogen and oxygen atoms in total. The highest BCUT2D eigenvalue weighted by Gasteiger charge is 2.07. The number of hydrogen-bond acceptors (Lipinski definition) is 2. The molecule has 0 aromatic carbocycles. The Morgan fingerprint density at radius 2 is 1.93 bits per heavy atom. The fourth-order valence-electron chi connectivity index (χ4n) is 1.38. The molecule has 0 aliphatic carbocycles. The number of rotatable bonds is 9. The van der Waals surface area contributed by atoms with Gasteiger partial charge in [-0.15, -0.1) is 0 Å². The molecule has 0 aromatic heterocycles. The van der Waals surface area contributed by atoms with Crippen LogP contribution in [-0.2, 0) is 4.74 Å². The Morgan fingerprint density at radius 3 is 2.47 bits per heavy atom. The van der Waals surface area contributed by atoms with Gasteiger partial charge in [0.1, 0.15) is 0 Å². The Balaban J connectivity index is 3.59. The summed E-state index contributed by atoms with van der Waals surface area (Å²) in [6.45, 7) is 6.73. The van der Waals surface area contributed by atoms with Gasteiger partial charge in [0.05, 0.1) is 6.61 Å². The van der Waals surface area contributed by atoms with E-state index in [2.05, 4.69) is 6.92 Å². The normalized spacial score (nSPS) is 10.3. The first-order valence-corrected chi connectivity index (χ1v) is 5.84. The van der Waals surface area contributed by atoms with Crippen molar-refractivity contribution in [3.8, 4) is 0 Å². The van der Waals surface area contributed by atoms with E-state index >= 15 is 0 Å². The SMILES string of the molecule is CCCCCCN(CCOCC)C(N)=O. The monoisotopic (exact) mass is 216 g/mol. The molecular formula is C11H24N2O2. The Bertz CT molecular complexity index is 163. The predicted octanol–water partition coefficient (Wildman–Crippen LogP) is 1.98. The Kier molecular flexibility index (Phi) is 9.27. The van der Waals surface area contributed by atoms with Crippen LogP contribution in [-0.4, -0.2) is 37.2 Å². The van der Waals surface area contributed by atoms with Crippen LogP contribution < -0.4 is 5.73 Å². The van der Waals surface area contributed by atoms with Crippen LogP contribution in [0.1, 0.15) is 39.5 Å². The highest BCUT2D eigenvalue weighted by atomic mass is 16.5. The van der Waals surface area contributed by atoms with Gasteiger partial charge < -0.3 is 15.4 Å². The summed E-state index contributed by atoms with van der Waals surface area (Å²) < 4.78 is 5.19. The molecular weight excluding hydrogens is 192 g/mol. The summed E-state index contributed by atoms with van der Waals surface area (Å²) in [4.78, 5) is 12.7. The quantitative estimate of drug-likeness (QED) is 0.599. The van der Waals surface area contributed by atoms with Gasteiger partial charge in [-0.05, 0) is 13.3 Å². The van der Waals surface area contributed by atoms with Crippen LogP contribution in [0.25, 0.3) is 0 Å². The van der Waals surface area contributed by atoms with Crippen LogP contribution >= 0.6 is 0 Å². The first kappa shape index (κ1) is 14.2. The van der Waals surface area contributed by atoms with Crippen LogP contribution in [0, 0.1) is 0 Å². The fraction of sp³-hybridized carbons (Fsp3) is 0.909. The summed E-state index contributed by atoms with van der Waals surface area (Å²) in [6.07, 6.45) is 4.62. The van der Waals surface area contributed by atoms with Crippen LogP contribution in [0.2, 0.25) is 0 Å². The molecule has 0 aliphatic heterocycles. The Morgan fingerprint density at radius 1 is 1.20 bits per heavy atom. The zero-order chi connectivity index (χ0) is 11.5. The minimum atomic E-state index is -0.341. The zero-order valence-corrected chi connectivity index (χ0v) is 10.00. The third-order valence-corrected chi connectivity index (χ3v) is 2.30. The molecule has 0 fully saturated rings. The van der Waals surface area contributed by atoms with E-state index in [0.717, 1.165) is 19.4 Å². The lowest BCUT2D eigenvalue weighted by molar-refractivity contribution is 0.120. The molecule has 90 valence electrons. The molecule has 0 aromatic rings. The number of hydrogen-bond donors (Lipinski definition) is 1. The molecule has 0 rings (SSSR count). The largest absolute Gasteiger partial charge is 0.380 e. The van der Waals surface area contributed by atoms with Gasteiger partial charge in [-0.25, -0.2) is 4.79 Å². The molecule has 0 heterocycles. The van der Waals surface area contributed by atoms with Crippen molar-refractivity contribution in [2.45, 2.75) is 39.5 Å². The first-order valence-electron chi connectivity index (χ1n) is 5.84. The van der Waals surface area contributed by atoms with Gasteiger partial charge in [0, 0.05) is 19.7 Å². The molecule has 0 unspecified atom stereocenters. The molecule has 0 aliphatic rings. The topological polar surface area (TPSA) is 55.6 Å². The predicted molar refractivity (Wildman–Crippen MR) is 61.8 cm³/mol. The number of carbonyl (C=O) groups excluding carboxylic acids is 1. The Labute approximate surface area is 92.8 Å². The molecule has 0 radical (unpaired) electrons. The van der Waals surface area contributed by atoms with E-state index in [-0.39, 0.29) is 6.03 Å².